The van der Waals surface area contributed by atoms with E-state index < -0.39 is 0 Å². The molecule has 0 spiro atoms. The lowest BCUT2D eigenvalue weighted by Crippen LogP contribution is -2.11. The number of aliphatic imine (C=N–C) groups is 2. The third-order valence-electron chi connectivity index (χ3n) is 3.30. The van der Waals surface area contributed by atoms with Crippen molar-refractivity contribution in [2.45, 2.75) is 32.1 Å². The molecule has 0 unspecified atom stereocenters. The molecule has 1 aromatic carbocycles. The fourth-order valence-corrected chi connectivity index (χ4v) is 2.27. The summed E-state index contributed by atoms with van der Waals surface area (Å²) in [5.74, 6) is 11.0. The lowest BCUT2D eigenvalue weighted by atomic mass is 9.98. The quantitative estimate of drug-likeness (QED) is 0.380. The Morgan fingerprint density at radius 3 is 2.16 bits per heavy atom. The molecule has 1 aliphatic rings. The van der Waals surface area contributed by atoms with E-state index >= 15 is 0 Å². The molecule has 1 aliphatic carbocycles. The molecule has 0 aromatic heterocycles. The molecule has 6 heteroatoms. The first-order valence-corrected chi connectivity index (χ1v) is 6.43. The van der Waals surface area contributed by atoms with Crippen molar-refractivity contribution >= 4 is 35.2 Å². The molecule has 0 amide bonds. The molecule has 0 atom stereocenters. The number of hydrogen-bond donors (Lipinski definition) is 4. The normalized spacial score (nSPS) is 14.9. The third kappa shape index (κ3) is 3.10. The van der Waals surface area contributed by atoms with Crippen LogP contribution >= 0.6 is 0 Å². The van der Waals surface area contributed by atoms with Gasteiger partial charge in [-0.25, -0.2) is 0 Å². The molecule has 19 heavy (non-hydrogen) atoms. The zero-order valence-corrected chi connectivity index (χ0v) is 10.9. The molecule has 0 bridgehead atoms. The Morgan fingerprint density at radius 1 is 0.947 bits per heavy atom. The van der Waals surface area contributed by atoms with Crippen molar-refractivity contribution in [2.75, 3.05) is 10.9 Å². The highest BCUT2D eigenvalue weighted by molar-refractivity contribution is 5.91. The van der Waals surface area contributed by atoms with E-state index in [1.165, 1.54) is 25.0 Å². The van der Waals surface area contributed by atoms with E-state index in [1.54, 1.807) is 6.07 Å². The smallest absolute Gasteiger partial charge is 0.0896 e. The second-order valence-electron chi connectivity index (χ2n) is 4.57. The Bertz CT molecular complexity index is 486. The summed E-state index contributed by atoms with van der Waals surface area (Å²) in [7, 11) is 0. The van der Waals surface area contributed by atoms with E-state index in [2.05, 4.69) is 22.6 Å². The van der Waals surface area contributed by atoms with Crippen molar-refractivity contribution in [1.29, 1.82) is 0 Å². The summed E-state index contributed by atoms with van der Waals surface area (Å²) in [6.07, 6.45) is 5.81. The predicted molar refractivity (Wildman–Crippen MR) is 81.5 cm³/mol. The standard InChI is InChI=1S/C13H20N6/c1-16-10-7-11(13(19-15)8-12(10)18-14)17-9-5-3-2-4-6-9/h7-8,18-19H,1-6,14-15H2. The molecule has 0 saturated heterocycles. The lowest BCUT2D eigenvalue weighted by molar-refractivity contribution is 0.667. The topological polar surface area (TPSA) is 101 Å². The monoisotopic (exact) mass is 260 g/mol. The Balaban J connectivity index is 2.40. The minimum atomic E-state index is 0.663. The molecule has 6 nitrogen and oxygen atoms in total. The first-order valence-electron chi connectivity index (χ1n) is 6.43. The van der Waals surface area contributed by atoms with Crippen LogP contribution in [0.4, 0.5) is 22.7 Å². The van der Waals surface area contributed by atoms with Crippen LogP contribution in [0.1, 0.15) is 32.1 Å². The van der Waals surface area contributed by atoms with Crippen LogP contribution in [0.15, 0.2) is 22.1 Å². The Hall–Kier alpha value is -1.92. The van der Waals surface area contributed by atoms with Crippen molar-refractivity contribution in [1.82, 2.24) is 0 Å². The number of nitrogen functional groups attached to an aromatic ring is 2. The molecule has 0 aliphatic heterocycles. The summed E-state index contributed by atoms with van der Waals surface area (Å²) in [6.45, 7) is 3.54. The average Bonchev–Trinajstić information content (AvgIpc) is 2.47. The first kappa shape index (κ1) is 13.5. The van der Waals surface area contributed by atoms with Crippen LogP contribution in [-0.4, -0.2) is 12.4 Å². The van der Waals surface area contributed by atoms with Crippen LogP contribution < -0.4 is 22.5 Å². The number of rotatable bonds is 4. The maximum atomic E-state index is 5.54. The number of nitrogens with two attached hydrogens (primary N) is 2. The van der Waals surface area contributed by atoms with Crippen LogP contribution in [0.3, 0.4) is 0 Å². The highest BCUT2D eigenvalue weighted by Crippen LogP contribution is 2.36. The maximum Gasteiger partial charge on any atom is 0.0896 e. The van der Waals surface area contributed by atoms with Gasteiger partial charge in [-0.05, 0) is 44.5 Å². The predicted octanol–water partition coefficient (Wildman–Crippen LogP) is 2.63. The molecule has 102 valence electrons. The maximum absolute atomic E-state index is 5.54. The van der Waals surface area contributed by atoms with Crippen molar-refractivity contribution in [3.8, 4) is 0 Å². The molecule has 0 radical (unpaired) electrons. The van der Waals surface area contributed by atoms with Crippen LogP contribution in [0.2, 0.25) is 0 Å². The summed E-state index contributed by atoms with van der Waals surface area (Å²) in [6, 6.07) is 3.62. The van der Waals surface area contributed by atoms with Gasteiger partial charge >= 0.3 is 0 Å². The number of anilines is 2. The second kappa shape index (κ2) is 6.31. The van der Waals surface area contributed by atoms with Gasteiger partial charge < -0.3 is 10.9 Å². The average molecular weight is 260 g/mol. The number of nitrogens with one attached hydrogen (secondary N) is 2. The Morgan fingerprint density at radius 2 is 1.58 bits per heavy atom. The Labute approximate surface area is 112 Å². The molecule has 2 rings (SSSR count). The van der Waals surface area contributed by atoms with Gasteiger partial charge in [-0.15, -0.1) is 0 Å². The molecular weight excluding hydrogens is 240 g/mol. The molecule has 6 N–H and O–H groups in total. The molecule has 0 heterocycles. The SMILES string of the molecule is C=Nc1cc(N=C2CCCCC2)c(NN)cc1NN. The number of nitrogens with zero attached hydrogens (tertiary/aromatic N) is 2. The minimum Gasteiger partial charge on any atom is -0.322 e. The second-order valence-corrected chi connectivity index (χ2v) is 4.57. The summed E-state index contributed by atoms with van der Waals surface area (Å²) in [5, 5.41) is 0. The van der Waals surface area contributed by atoms with Gasteiger partial charge in [-0.3, -0.25) is 21.7 Å². The largest absolute Gasteiger partial charge is 0.322 e. The van der Waals surface area contributed by atoms with E-state index in [1.807, 2.05) is 6.07 Å². The molecular formula is C13H20N6. The van der Waals surface area contributed by atoms with Gasteiger partial charge in [-0.2, -0.15) is 0 Å². The lowest BCUT2D eigenvalue weighted by Gasteiger charge is -2.15. The minimum absolute atomic E-state index is 0.663. The zero-order chi connectivity index (χ0) is 13.7. The van der Waals surface area contributed by atoms with Gasteiger partial charge in [0.15, 0.2) is 0 Å². The van der Waals surface area contributed by atoms with E-state index in [-0.39, 0.29) is 0 Å². The van der Waals surface area contributed by atoms with Crippen LogP contribution in [-0.2, 0) is 0 Å². The van der Waals surface area contributed by atoms with E-state index in [0.717, 1.165) is 24.2 Å². The molecule has 1 fully saturated rings. The zero-order valence-electron chi connectivity index (χ0n) is 10.9. The van der Waals surface area contributed by atoms with Crippen LogP contribution in [0, 0.1) is 0 Å². The summed E-state index contributed by atoms with van der Waals surface area (Å²) < 4.78 is 0. The van der Waals surface area contributed by atoms with Crippen molar-refractivity contribution in [2.24, 2.45) is 21.7 Å². The molecule has 1 saturated carbocycles. The fourth-order valence-electron chi connectivity index (χ4n) is 2.27. The van der Waals surface area contributed by atoms with Crippen molar-refractivity contribution in [3.05, 3.63) is 12.1 Å². The van der Waals surface area contributed by atoms with Gasteiger partial charge in [0.2, 0.25) is 0 Å². The number of hydrazine groups is 2. The Kier molecular flexibility index (Phi) is 4.48. The van der Waals surface area contributed by atoms with Gasteiger partial charge in [-0.1, -0.05) is 6.42 Å². The summed E-state index contributed by atoms with van der Waals surface area (Å²) >= 11 is 0. The number of benzene rings is 1. The van der Waals surface area contributed by atoms with Gasteiger partial charge in [0.05, 0.1) is 22.7 Å². The van der Waals surface area contributed by atoms with Gasteiger partial charge in [0.25, 0.3) is 0 Å². The highest BCUT2D eigenvalue weighted by atomic mass is 15.2. The third-order valence-corrected chi connectivity index (χ3v) is 3.30. The van der Waals surface area contributed by atoms with E-state index in [9.17, 15) is 0 Å². The summed E-state index contributed by atoms with van der Waals surface area (Å²) in [4.78, 5) is 8.63. The van der Waals surface area contributed by atoms with Gasteiger partial charge in [0.1, 0.15) is 0 Å². The van der Waals surface area contributed by atoms with E-state index in [0.29, 0.717) is 11.4 Å². The highest BCUT2D eigenvalue weighted by Gasteiger charge is 2.11. The van der Waals surface area contributed by atoms with Crippen molar-refractivity contribution < 1.29 is 0 Å². The van der Waals surface area contributed by atoms with Crippen molar-refractivity contribution in [3.63, 3.8) is 0 Å². The fraction of sp³-hybridized carbons (Fsp3) is 0.385. The first-order chi connectivity index (χ1) is 9.28. The number of hydrogen-bond acceptors (Lipinski definition) is 6. The van der Waals surface area contributed by atoms with Gasteiger partial charge in [0, 0.05) is 5.71 Å². The summed E-state index contributed by atoms with van der Waals surface area (Å²) in [5.41, 5.74) is 9.26. The van der Waals surface area contributed by atoms with E-state index in [4.69, 9.17) is 16.7 Å². The van der Waals surface area contributed by atoms with Crippen LogP contribution in [0.5, 0.6) is 0 Å². The van der Waals surface area contributed by atoms with Crippen LogP contribution in [0.25, 0.3) is 0 Å². The molecule has 1 aromatic rings.